The summed E-state index contributed by atoms with van der Waals surface area (Å²) in [6.07, 6.45) is 1.25. The summed E-state index contributed by atoms with van der Waals surface area (Å²) in [5.41, 5.74) is 1.11. The molecule has 0 saturated carbocycles. The third-order valence-electron chi connectivity index (χ3n) is 2.75. The summed E-state index contributed by atoms with van der Waals surface area (Å²) in [5, 5.41) is 5.43. The first-order chi connectivity index (χ1) is 10.1. The fourth-order valence-corrected chi connectivity index (χ4v) is 1.67. The van der Waals surface area contributed by atoms with Crippen LogP contribution in [0.2, 0.25) is 0 Å². The van der Waals surface area contributed by atoms with Gasteiger partial charge in [0.15, 0.2) is 5.78 Å². The van der Waals surface area contributed by atoms with E-state index < -0.39 is 5.91 Å². The predicted molar refractivity (Wildman–Crippen MR) is 86.7 cm³/mol. The van der Waals surface area contributed by atoms with Gasteiger partial charge in [0.1, 0.15) is 0 Å². The van der Waals surface area contributed by atoms with E-state index >= 15 is 0 Å². The van der Waals surface area contributed by atoms with Crippen LogP contribution in [0.5, 0.6) is 0 Å². The average molecular weight is 302 g/mol. The number of benzene rings is 1. The highest BCUT2D eigenvalue weighted by atomic mass is 16.2. The second-order valence-electron chi connectivity index (χ2n) is 6.15. The monoisotopic (exact) mass is 302 g/mol. The smallest absolute Gasteiger partial charge is 0.248 e. The van der Waals surface area contributed by atoms with Gasteiger partial charge in [0.05, 0.1) is 0 Å². The Morgan fingerprint density at radius 3 is 2.00 bits per heavy atom. The summed E-state index contributed by atoms with van der Waals surface area (Å²) in [6.45, 7) is 8.67. The highest BCUT2D eigenvalue weighted by Gasteiger charge is 2.15. The van der Waals surface area contributed by atoms with Crippen LogP contribution in [0.1, 0.15) is 45.0 Å². The van der Waals surface area contributed by atoms with Gasteiger partial charge in [-0.1, -0.05) is 0 Å². The van der Waals surface area contributed by atoms with E-state index in [2.05, 4.69) is 10.6 Å². The molecule has 0 unspecified atom stereocenters. The van der Waals surface area contributed by atoms with Gasteiger partial charge in [-0.3, -0.25) is 14.4 Å². The van der Waals surface area contributed by atoms with E-state index in [-0.39, 0.29) is 17.2 Å². The van der Waals surface area contributed by atoms with Gasteiger partial charge in [0.25, 0.3) is 0 Å². The molecule has 1 rings (SSSR count). The quantitative estimate of drug-likeness (QED) is 0.663. The van der Waals surface area contributed by atoms with Crippen molar-refractivity contribution in [1.82, 2.24) is 5.32 Å². The van der Waals surface area contributed by atoms with Crippen molar-refractivity contribution in [2.45, 2.75) is 40.2 Å². The number of amides is 2. The molecule has 0 spiro atoms. The van der Waals surface area contributed by atoms with Crippen LogP contribution in [0.3, 0.4) is 0 Å². The van der Waals surface area contributed by atoms with Crippen molar-refractivity contribution in [3.63, 3.8) is 0 Å². The maximum atomic E-state index is 11.9. The van der Waals surface area contributed by atoms with E-state index in [1.54, 1.807) is 31.2 Å². The summed E-state index contributed by atoms with van der Waals surface area (Å²) in [6, 6.07) is 6.57. The molecule has 1 aromatic carbocycles. The third-order valence-corrected chi connectivity index (χ3v) is 2.75. The zero-order valence-corrected chi connectivity index (χ0v) is 13.6. The lowest BCUT2D eigenvalue weighted by Gasteiger charge is -2.20. The lowest BCUT2D eigenvalue weighted by atomic mass is 10.1. The molecule has 2 N–H and O–H groups in total. The number of nitrogens with one attached hydrogen (secondary N) is 2. The number of hydrogen-bond donors (Lipinski definition) is 2. The van der Waals surface area contributed by atoms with Crippen molar-refractivity contribution in [2.24, 2.45) is 0 Å². The molecule has 0 bridgehead atoms. The second-order valence-corrected chi connectivity index (χ2v) is 6.15. The zero-order chi connectivity index (χ0) is 16.9. The van der Waals surface area contributed by atoms with Crippen molar-refractivity contribution in [3.05, 3.63) is 41.5 Å². The summed E-state index contributed by atoms with van der Waals surface area (Å²) in [7, 11) is 0. The molecule has 2 amide bonds. The highest BCUT2D eigenvalue weighted by molar-refractivity contribution is 6.06. The van der Waals surface area contributed by atoms with Gasteiger partial charge < -0.3 is 10.6 Å². The van der Waals surface area contributed by atoms with Gasteiger partial charge in [-0.2, -0.15) is 0 Å². The SMILES string of the molecule is CC(=O)c1ccc(NC(=O)/C=C(/C)C(=O)NC(C)(C)C)cc1. The Bertz CT molecular complexity index is 608. The molecule has 118 valence electrons. The summed E-state index contributed by atoms with van der Waals surface area (Å²) in [4.78, 5) is 34.9. The van der Waals surface area contributed by atoms with E-state index in [1.165, 1.54) is 13.0 Å². The van der Waals surface area contributed by atoms with Crippen LogP contribution in [-0.2, 0) is 9.59 Å². The van der Waals surface area contributed by atoms with Gasteiger partial charge in [-0.05, 0) is 58.9 Å². The Hall–Kier alpha value is -2.43. The Balaban J connectivity index is 2.70. The number of Topliss-reactive ketones (excluding diaryl/α,β-unsaturated/α-hetero) is 1. The molecule has 5 heteroatoms. The molecule has 0 aliphatic carbocycles. The maximum absolute atomic E-state index is 11.9. The van der Waals surface area contributed by atoms with E-state index in [9.17, 15) is 14.4 Å². The van der Waals surface area contributed by atoms with Gasteiger partial charge >= 0.3 is 0 Å². The maximum Gasteiger partial charge on any atom is 0.248 e. The van der Waals surface area contributed by atoms with Gasteiger partial charge in [0.2, 0.25) is 11.8 Å². The molecule has 0 radical (unpaired) electrons. The van der Waals surface area contributed by atoms with Crippen molar-refractivity contribution in [2.75, 3.05) is 5.32 Å². The standard InChI is InChI=1S/C17H22N2O3/c1-11(16(22)19-17(3,4)5)10-15(21)18-14-8-6-13(7-9-14)12(2)20/h6-10H,1-5H3,(H,18,21)(H,19,22)/b11-10-. The van der Waals surface area contributed by atoms with E-state index in [4.69, 9.17) is 0 Å². The van der Waals surface area contributed by atoms with E-state index in [0.717, 1.165) is 0 Å². The Labute approximate surface area is 130 Å². The van der Waals surface area contributed by atoms with Crippen molar-refractivity contribution in [1.29, 1.82) is 0 Å². The predicted octanol–water partition coefficient (Wildman–Crippen LogP) is 2.69. The lowest BCUT2D eigenvalue weighted by Crippen LogP contribution is -2.41. The Morgan fingerprint density at radius 2 is 1.55 bits per heavy atom. The van der Waals surface area contributed by atoms with Crippen molar-refractivity contribution in [3.8, 4) is 0 Å². The number of rotatable bonds is 4. The second kappa shape index (κ2) is 7.02. The first-order valence-corrected chi connectivity index (χ1v) is 7.01. The molecule has 1 aromatic rings. The molecule has 5 nitrogen and oxygen atoms in total. The van der Waals surface area contributed by atoms with Crippen molar-refractivity contribution < 1.29 is 14.4 Å². The minimum absolute atomic E-state index is 0.0348. The average Bonchev–Trinajstić information content (AvgIpc) is 2.37. The first-order valence-electron chi connectivity index (χ1n) is 7.01. The molecular formula is C17H22N2O3. The molecule has 0 heterocycles. The minimum Gasteiger partial charge on any atom is -0.348 e. The van der Waals surface area contributed by atoms with Crippen molar-refractivity contribution >= 4 is 23.3 Å². The van der Waals surface area contributed by atoms with Gasteiger partial charge in [-0.15, -0.1) is 0 Å². The highest BCUT2D eigenvalue weighted by Crippen LogP contribution is 2.10. The van der Waals surface area contributed by atoms with Crippen LogP contribution in [-0.4, -0.2) is 23.1 Å². The molecule has 22 heavy (non-hydrogen) atoms. The summed E-state index contributed by atoms with van der Waals surface area (Å²) in [5.74, 6) is -0.709. The molecule has 0 aliphatic heterocycles. The Morgan fingerprint density at radius 1 is 1.00 bits per heavy atom. The Kier molecular flexibility index (Phi) is 5.63. The summed E-state index contributed by atoms with van der Waals surface area (Å²) >= 11 is 0. The topological polar surface area (TPSA) is 75.3 Å². The van der Waals surface area contributed by atoms with Crippen LogP contribution < -0.4 is 10.6 Å². The number of ketones is 1. The van der Waals surface area contributed by atoms with Crippen LogP contribution in [0.15, 0.2) is 35.9 Å². The molecular weight excluding hydrogens is 280 g/mol. The fraction of sp³-hybridized carbons (Fsp3) is 0.353. The molecule has 0 aliphatic rings. The largest absolute Gasteiger partial charge is 0.348 e. The number of carbonyl (C=O) groups is 3. The number of anilines is 1. The van der Waals surface area contributed by atoms with E-state index in [0.29, 0.717) is 16.8 Å². The fourth-order valence-electron chi connectivity index (χ4n) is 1.67. The van der Waals surface area contributed by atoms with Crippen LogP contribution in [0.4, 0.5) is 5.69 Å². The minimum atomic E-state index is -0.392. The lowest BCUT2D eigenvalue weighted by molar-refractivity contribution is -0.119. The zero-order valence-electron chi connectivity index (χ0n) is 13.6. The molecule has 0 saturated heterocycles. The van der Waals surface area contributed by atoms with E-state index in [1.807, 2.05) is 20.8 Å². The normalized spacial score (nSPS) is 11.8. The van der Waals surface area contributed by atoms with Crippen LogP contribution in [0.25, 0.3) is 0 Å². The molecule has 0 atom stereocenters. The van der Waals surface area contributed by atoms with Gasteiger partial charge in [-0.25, -0.2) is 0 Å². The molecule has 0 fully saturated rings. The van der Waals surface area contributed by atoms with Crippen LogP contribution in [0, 0.1) is 0 Å². The third kappa shape index (κ3) is 5.91. The van der Waals surface area contributed by atoms with Gasteiger partial charge in [0, 0.05) is 28.4 Å². The molecule has 0 aromatic heterocycles. The van der Waals surface area contributed by atoms with Crippen LogP contribution >= 0.6 is 0 Å². The number of carbonyl (C=O) groups excluding carboxylic acids is 3. The first kappa shape index (κ1) is 17.6. The number of hydrogen-bond acceptors (Lipinski definition) is 3. The summed E-state index contributed by atoms with van der Waals surface area (Å²) < 4.78 is 0.